The first kappa shape index (κ1) is 51.0. The van der Waals surface area contributed by atoms with E-state index >= 15 is 0 Å². The molecule has 0 bridgehead atoms. The van der Waals surface area contributed by atoms with Gasteiger partial charge in [0.1, 0.15) is 6.61 Å². The van der Waals surface area contributed by atoms with E-state index in [9.17, 15) is 19.4 Å². The quantitative estimate of drug-likeness (QED) is 0.0183. The van der Waals surface area contributed by atoms with Crippen LogP contribution in [0.15, 0.2) is 60.9 Å². The molecule has 9 nitrogen and oxygen atoms in total. The maximum atomic E-state index is 12.4. The fraction of sp³-hybridized carbons (Fsp3) is 0.744. The molecule has 1 unspecified atom stereocenters. The maximum absolute atomic E-state index is 12.4. The van der Waals surface area contributed by atoms with Crippen molar-refractivity contribution in [3.05, 3.63) is 60.9 Å². The zero-order valence-corrected chi connectivity index (χ0v) is 34.5. The number of phosphoric acid groups is 1. The number of unbranched alkanes of at least 4 members (excludes halogenated alkanes) is 16. The first-order valence-corrected chi connectivity index (χ1v) is 22.4. The molecule has 0 amide bonds. The topological polar surface area (TPSA) is 138 Å². The Bertz CT molecular complexity index is 1010. The first-order chi connectivity index (χ1) is 25.8. The van der Waals surface area contributed by atoms with E-state index in [4.69, 9.17) is 24.3 Å². The summed E-state index contributed by atoms with van der Waals surface area (Å²) in [5.41, 5.74) is 5.35. The predicted molar refractivity (Wildman–Crippen MR) is 220 cm³/mol. The number of hydrogen-bond donors (Lipinski definition) is 3. The molecule has 0 spiro atoms. The number of carbonyl (C=O) groups is 1. The Morgan fingerprint density at radius 2 is 1.19 bits per heavy atom. The zero-order chi connectivity index (χ0) is 38.9. The highest BCUT2D eigenvalue weighted by Crippen LogP contribution is 2.43. The molecule has 308 valence electrons. The summed E-state index contributed by atoms with van der Waals surface area (Å²) < 4.78 is 33.1. The van der Waals surface area contributed by atoms with Gasteiger partial charge in [-0.3, -0.25) is 13.8 Å². The van der Waals surface area contributed by atoms with Crippen molar-refractivity contribution in [3.8, 4) is 0 Å². The SMILES string of the molecule is CCCCCCCCCCCCCCCC/C=C/O[C@H](COC(=O)CCC/C=C\C/C=C\C/C=C\C/C=C\[C@@H](O)CCCC)COP(=O)(O)OCCN. The van der Waals surface area contributed by atoms with Crippen LogP contribution in [0.1, 0.15) is 168 Å². The molecular formula is C43H78NO8P. The van der Waals surface area contributed by atoms with E-state index in [1.807, 2.05) is 18.2 Å². The highest BCUT2D eigenvalue weighted by atomic mass is 31.2. The molecular weight excluding hydrogens is 689 g/mol. The van der Waals surface area contributed by atoms with Crippen molar-refractivity contribution in [2.45, 2.75) is 180 Å². The number of ether oxygens (including phenoxy) is 2. The molecule has 0 saturated carbocycles. The Morgan fingerprint density at radius 3 is 1.77 bits per heavy atom. The molecule has 0 heterocycles. The molecule has 0 aromatic heterocycles. The average molecular weight is 768 g/mol. The summed E-state index contributed by atoms with van der Waals surface area (Å²) in [6, 6.07) is 0. The maximum Gasteiger partial charge on any atom is 0.472 e. The van der Waals surface area contributed by atoms with Gasteiger partial charge in [0.15, 0.2) is 6.10 Å². The van der Waals surface area contributed by atoms with Crippen molar-refractivity contribution in [3.63, 3.8) is 0 Å². The van der Waals surface area contributed by atoms with Gasteiger partial charge in [0.05, 0.1) is 25.6 Å². The minimum atomic E-state index is -4.29. The van der Waals surface area contributed by atoms with Crippen LogP contribution < -0.4 is 5.73 Å². The van der Waals surface area contributed by atoms with Crippen molar-refractivity contribution in [1.82, 2.24) is 0 Å². The fourth-order valence-corrected chi connectivity index (χ4v) is 6.17. The molecule has 0 aliphatic carbocycles. The number of allylic oxidation sites excluding steroid dienone is 8. The van der Waals surface area contributed by atoms with Crippen molar-refractivity contribution in [1.29, 1.82) is 0 Å². The van der Waals surface area contributed by atoms with Gasteiger partial charge in [0, 0.05) is 13.0 Å². The summed E-state index contributed by atoms with van der Waals surface area (Å²) in [5, 5.41) is 9.80. The standard InChI is InChI=1S/C43H78NO8P/c1-3-5-7-8-9-10-11-12-13-14-17-20-23-26-29-32-37-49-42(40-52-53(47,48)51-38-36-44)39-50-43(46)35-31-28-25-22-19-16-15-18-21-24-27-30-34-41(45)33-6-4-2/h15-16,21-22,24-25,30,32,34,37,41-42,45H,3-14,17-20,23,26-29,31,33,35-36,38-40,44H2,1-2H3,(H,47,48)/b16-15-,24-21-,25-22-,34-30-,37-32+/t41-,42+/m0/s1. The number of hydrogen-bond acceptors (Lipinski definition) is 8. The Balaban J connectivity index is 4.23. The smallest absolute Gasteiger partial charge is 0.472 e. The van der Waals surface area contributed by atoms with Gasteiger partial charge in [-0.05, 0) is 57.4 Å². The molecule has 0 aliphatic heterocycles. The molecule has 53 heavy (non-hydrogen) atoms. The normalized spacial score (nSPS) is 14.7. The Morgan fingerprint density at radius 1 is 0.660 bits per heavy atom. The number of nitrogens with two attached hydrogens (primary N) is 1. The van der Waals surface area contributed by atoms with Crippen LogP contribution in [0.5, 0.6) is 0 Å². The minimum absolute atomic E-state index is 0.0854. The van der Waals surface area contributed by atoms with E-state index in [1.54, 1.807) is 6.26 Å². The Labute approximate surface area is 324 Å². The first-order valence-electron chi connectivity index (χ1n) is 20.9. The lowest BCUT2D eigenvalue weighted by molar-refractivity contribution is -0.147. The molecule has 4 N–H and O–H groups in total. The molecule has 0 saturated heterocycles. The molecule has 0 rings (SSSR count). The lowest BCUT2D eigenvalue weighted by Crippen LogP contribution is -2.25. The van der Waals surface area contributed by atoms with Gasteiger partial charge in [0.25, 0.3) is 0 Å². The van der Waals surface area contributed by atoms with Gasteiger partial charge in [0.2, 0.25) is 0 Å². The highest BCUT2D eigenvalue weighted by Gasteiger charge is 2.24. The van der Waals surface area contributed by atoms with Crippen LogP contribution >= 0.6 is 7.82 Å². The molecule has 10 heteroatoms. The van der Waals surface area contributed by atoms with Crippen LogP contribution in [0.4, 0.5) is 0 Å². The predicted octanol–water partition coefficient (Wildman–Crippen LogP) is 11.5. The number of aliphatic hydroxyl groups is 1. The number of carbonyl (C=O) groups excluding carboxylic acids is 1. The van der Waals surface area contributed by atoms with Gasteiger partial charge >= 0.3 is 13.8 Å². The van der Waals surface area contributed by atoms with Gasteiger partial charge < -0.3 is 25.2 Å². The van der Waals surface area contributed by atoms with Crippen LogP contribution in [0, 0.1) is 0 Å². The van der Waals surface area contributed by atoms with Gasteiger partial charge in [-0.2, -0.15) is 0 Å². The summed E-state index contributed by atoms with van der Waals surface area (Å²) in [6.45, 7) is 3.98. The van der Waals surface area contributed by atoms with Crippen LogP contribution in [-0.2, 0) is 27.9 Å². The third-order valence-electron chi connectivity index (χ3n) is 8.60. The van der Waals surface area contributed by atoms with Gasteiger partial charge in [-0.25, -0.2) is 4.57 Å². The monoisotopic (exact) mass is 768 g/mol. The second kappa shape index (κ2) is 39.7. The van der Waals surface area contributed by atoms with Crippen molar-refractivity contribution >= 4 is 13.8 Å². The fourth-order valence-electron chi connectivity index (χ4n) is 5.40. The van der Waals surface area contributed by atoms with Gasteiger partial charge in [-0.1, -0.05) is 159 Å². The van der Waals surface area contributed by atoms with Crippen molar-refractivity contribution in [2.24, 2.45) is 5.73 Å². The summed E-state index contributed by atoms with van der Waals surface area (Å²) in [6.07, 6.45) is 45.3. The lowest BCUT2D eigenvalue weighted by Gasteiger charge is -2.19. The molecule has 0 aromatic rings. The number of rotatable bonds is 39. The van der Waals surface area contributed by atoms with E-state index in [0.29, 0.717) is 6.42 Å². The van der Waals surface area contributed by atoms with Crippen LogP contribution in [-0.4, -0.2) is 54.5 Å². The summed E-state index contributed by atoms with van der Waals surface area (Å²) >= 11 is 0. The number of aliphatic hydroxyl groups excluding tert-OH is 1. The summed E-state index contributed by atoms with van der Waals surface area (Å²) in [7, 11) is -4.29. The average Bonchev–Trinajstić information content (AvgIpc) is 3.15. The van der Waals surface area contributed by atoms with E-state index in [-0.39, 0.29) is 44.9 Å². The third-order valence-corrected chi connectivity index (χ3v) is 9.58. The second-order valence-corrected chi connectivity index (χ2v) is 15.2. The Hall–Kier alpha value is -2.00. The highest BCUT2D eigenvalue weighted by molar-refractivity contribution is 7.47. The van der Waals surface area contributed by atoms with Crippen LogP contribution in [0.25, 0.3) is 0 Å². The van der Waals surface area contributed by atoms with Crippen LogP contribution in [0.2, 0.25) is 0 Å². The summed E-state index contributed by atoms with van der Waals surface area (Å²) in [5.74, 6) is -0.359. The zero-order valence-electron chi connectivity index (χ0n) is 33.6. The number of phosphoric ester groups is 1. The molecule has 0 radical (unpaired) electrons. The molecule has 0 fully saturated rings. The molecule has 0 aromatic carbocycles. The van der Waals surface area contributed by atoms with Crippen molar-refractivity contribution < 1.29 is 37.9 Å². The number of esters is 1. The molecule has 3 atom stereocenters. The lowest BCUT2D eigenvalue weighted by atomic mass is 10.0. The third kappa shape index (κ3) is 39.5. The van der Waals surface area contributed by atoms with E-state index in [2.05, 4.69) is 50.3 Å². The van der Waals surface area contributed by atoms with E-state index in [0.717, 1.165) is 57.8 Å². The minimum Gasteiger partial charge on any atom is -0.492 e. The van der Waals surface area contributed by atoms with Crippen molar-refractivity contribution in [2.75, 3.05) is 26.4 Å². The van der Waals surface area contributed by atoms with Crippen LogP contribution in [0.3, 0.4) is 0 Å². The van der Waals surface area contributed by atoms with Gasteiger partial charge in [-0.15, -0.1) is 0 Å². The largest absolute Gasteiger partial charge is 0.492 e. The van der Waals surface area contributed by atoms with E-state index in [1.165, 1.54) is 83.5 Å². The molecule has 0 aliphatic rings. The van der Waals surface area contributed by atoms with E-state index < -0.39 is 13.9 Å². The second-order valence-electron chi connectivity index (χ2n) is 13.7. The Kier molecular flexibility index (Phi) is 38.2. The summed E-state index contributed by atoms with van der Waals surface area (Å²) in [4.78, 5) is 22.2.